The zero-order valence-corrected chi connectivity index (χ0v) is 16.5. The van der Waals surface area contributed by atoms with E-state index in [-0.39, 0.29) is 31.2 Å². The summed E-state index contributed by atoms with van der Waals surface area (Å²) in [6.07, 6.45) is 8.42. The van der Waals surface area contributed by atoms with Crippen molar-refractivity contribution in [2.24, 2.45) is 11.8 Å². The lowest BCUT2D eigenvalue weighted by atomic mass is 9.78. The summed E-state index contributed by atoms with van der Waals surface area (Å²) >= 11 is 0. The van der Waals surface area contributed by atoms with E-state index in [0.717, 1.165) is 31.2 Å². The fraction of sp³-hybridized carbons (Fsp3) is 0.545. The molecule has 7 nitrogen and oxygen atoms in total. The van der Waals surface area contributed by atoms with Crippen molar-refractivity contribution in [3.63, 3.8) is 0 Å². The summed E-state index contributed by atoms with van der Waals surface area (Å²) < 4.78 is 11.4. The zero-order valence-electron chi connectivity index (χ0n) is 16.5. The maximum absolute atomic E-state index is 11.9. The van der Waals surface area contributed by atoms with Crippen LogP contribution in [0.5, 0.6) is 0 Å². The van der Waals surface area contributed by atoms with Gasteiger partial charge in [0.05, 0.1) is 25.4 Å². The van der Waals surface area contributed by atoms with Crippen molar-refractivity contribution in [2.45, 2.75) is 57.3 Å². The van der Waals surface area contributed by atoms with Crippen LogP contribution in [0.2, 0.25) is 0 Å². The molecule has 0 aliphatic carbocycles. The number of hydrogen-bond acceptors (Lipinski definition) is 5. The van der Waals surface area contributed by atoms with Gasteiger partial charge in [-0.05, 0) is 43.6 Å². The van der Waals surface area contributed by atoms with Crippen LogP contribution in [0.3, 0.4) is 0 Å². The van der Waals surface area contributed by atoms with Gasteiger partial charge in [0.2, 0.25) is 0 Å². The van der Waals surface area contributed by atoms with Gasteiger partial charge in [0.1, 0.15) is 0 Å². The Kier molecular flexibility index (Phi) is 8.07. The molecule has 2 saturated heterocycles. The number of hydrogen-bond donors (Lipinski definition) is 2. The van der Waals surface area contributed by atoms with E-state index in [1.165, 1.54) is 0 Å². The molecule has 2 heterocycles. The number of rotatable bonds is 11. The SMILES string of the molecule is O=C(O)CCCC=CC[C@@H]1[C@H](COC(=O)NOCc2ccccc2)[C@@H]2CC[C@H]1O2. The van der Waals surface area contributed by atoms with Gasteiger partial charge in [-0.15, -0.1) is 0 Å². The Morgan fingerprint density at radius 2 is 1.90 bits per heavy atom. The number of aliphatic carboxylic acids is 1. The summed E-state index contributed by atoms with van der Waals surface area (Å²) in [6.45, 7) is 0.585. The molecule has 0 saturated carbocycles. The molecule has 0 aromatic heterocycles. The third kappa shape index (κ3) is 6.58. The Labute approximate surface area is 171 Å². The molecular weight excluding hydrogens is 374 g/mol. The van der Waals surface area contributed by atoms with Crippen molar-refractivity contribution < 1.29 is 29.0 Å². The molecular formula is C22H29NO6. The third-order valence-electron chi connectivity index (χ3n) is 5.57. The Bertz CT molecular complexity index is 692. The molecule has 0 radical (unpaired) electrons. The Balaban J connectivity index is 1.37. The molecule has 3 rings (SSSR count). The van der Waals surface area contributed by atoms with Gasteiger partial charge in [-0.25, -0.2) is 4.79 Å². The fourth-order valence-electron chi connectivity index (χ4n) is 4.12. The van der Waals surface area contributed by atoms with Crippen LogP contribution in [0.1, 0.15) is 44.1 Å². The number of fused-ring (bicyclic) bond motifs is 2. The summed E-state index contributed by atoms with van der Waals surface area (Å²) in [7, 11) is 0. The number of nitrogens with one attached hydrogen (secondary N) is 1. The van der Waals surface area contributed by atoms with E-state index in [2.05, 4.69) is 11.6 Å². The van der Waals surface area contributed by atoms with Crippen molar-refractivity contribution in [3.8, 4) is 0 Å². The first-order valence-electron chi connectivity index (χ1n) is 10.2. The Hall–Kier alpha value is -2.38. The number of carboxylic acids is 1. The number of hydroxylamine groups is 1. The standard InChI is InChI=1S/C22H29NO6/c24-21(25)11-7-2-1-6-10-17-18(20-13-12-19(17)29-20)15-27-22(26)23-28-14-16-8-4-3-5-9-16/h1,3-6,8-9,17-20H,2,7,10-15H2,(H,23,26)(H,24,25)/t17-,18+,19-,20+/m1/s1. The summed E-state index contributed by atoms with van der Waals surface area (Å²) in [5.41, 5.74) is 3.29. The minimum atomic E-state index is -0.761. The fourth-order valence-corrected chi connectivity index (χ4v) is 4.12. The van der Waals surface area contributed by atoms with E-state index in [0.29, 0.717) is 18.9 Å². The van der Waals surface area contributed by atoms with Crippen LogP contribution >= 0.6 is 0 Å². The van der Waals surface area contributed by atoms with Crippen molar-refractivity contribution >= 4 is 12.1 Å². The van der Waals surface area contributed by atoms with Crippen LogP contribution < -0.4 is 5.48 Å². The molecule has 1 amide bonds. The predicted molar refractivity (Wildman–Crippen MR) is 106 cm³/mol. The monoisotopic (exact) mass is 403 g/mol. The van der Waals surface area contributed by atoms with Crippen LogP contribution in [0.25, 0.3) is 0 Å². The van der Waals surface area contributed by atoms with Gasteiger partial charge < -0.3 is 14.6 Å². The summed E-state index contributed by atoms with van der Waals surface area (Å²) in [5.74, 6) is -0.261. The van der Waals surface area contributed by atoms with Crippen LogP contribution in [-0.2, 0) is 25.7 Å². The van der Waals surface area contributed by atoms with Crippen molar-refractivity contribution in [1.82, 2.24) is 5.48 Å². The second-order valence-electron chi connectivity index (χ2n) is 7.59. The molecule has 2 fully saturated rings. The highest BCUT2D eigenvalue weighted by Gasteiger charge is 2.48. The predicted octanol–water partition coefficient (Wildman–Crippen LogP) is 3.84. The van der Waals surface area contributed by atoms with Gasteiger partial charge in [-0.1, -0.05) is 42.5 Å². The molecule has 29 heavy (non-hydrogen) atoms. The molecule has 2 N–H and O–H groups in total. The molecule has 1 aromatic carbocycles. The van der Waals surface area contributed by atoms with Crippen LogP contribution in [0.4, 0.5) is 4.79 Å². The van der Waals surface area contributed by atoms with Gasteiger partial charge >= 0.3 is 12.1 Å². The first-order chi connectivity index (χ1) is 14.1. The average Bonchev–Trinajstić information content (AvgIpc) is 3.31. The lowest BCUT2D eigenvalue weighted by Gasteiger charge is -2.26. The number of allylic oxidation sites excluding steroid dienone is 2. The van der Waals surface area contributed by atoms with Gasteiger partial charge in [0.15, 0.2) is 0 Å². The topological polar surface area (TPSA) is 94.1 Å². The Morgan fingerprint density at radius 1 is 1.14 bits per heavy atom. The number of benzene rings is 1. The number of carbonyl (C=O) groups excluding carboxylic acids is 1. The van der Waals surface area contributed by atoms with E-state index < -0.39 is 12.1 Å². The zero-order chi connectivity index (χ0) is 20.5. The number of carboxylic acid groups (broad SMARTS) is 1. The van der Waals surface area contributed by atoms with E-state index in [1.54, 1.807) is 0 Å². The minimum Gasteiger partial charge on any atom is -0.481 e. The van der Waals surface area contributed by atoms with E-state index >= 15 is 0 Å². The van der Waals surface area contributed by atoms with Gasteiger partial charge in [0, 0.05) is 12.3 Å². The smallest absolute Gasteiger partial charge is 0.431 e. The molecule has 7 heteroatoms. The van der Waals surface area contributed by atoms with E-state index in [1.807, 2.05) is 36.4 Å². The molecule has 0 unspecified atom stereocenters. The average molecular weight is 403 g/mol. The first-order valence-corrected chi connectivity index (χ1v) is 10.2. The lowest BCUT2D eigenvalue weighted by Crippen LogP contribution is -2.33. The molecule has 158 valence electrons. The number of ether oxygens (including phenoxy) is 2. The summed E-state index contributed by atoms with van der Waals surface area (Å²) in [4.78, 5) is 27.7. The van der Waals surface area contributed by atoms with Crippen molar-refractivity contribution in [3.05, 3.63) is 48.0 Å². The molecule has 4 atom stereocenters. The molecule has 1 aromatic rings. The largest absolute Gasteiger partial charge is 0.481 e. The minimum absolute atomic E-state index is 0.142. The maximum atomic E-state index is 11.9. The molecule has 0 spiro atoms. The number of carbonyl (C=O) groups is 2. The van der Waals surface area contributed by atoms with Crippen LogP contribution in [0, 0.1) is 11.8 Å². The quantitative estimate of drug-likeness (QED) is 0.331. The lowest BCUT2D eigenvalue weighted by molar-refractivity contribution is -0.137. The van der Waals surface area contributed by atoms with Gasteiger partial charge in [-0.3, -0.25) is 9.63 Å². The third-order valence-corrected chi connectivity index (χ3v) is 5.57. The first kappa shape index (κ1) is 21.3. The second kappa shape index (κ2) is 11.0. The highest BCUT2D eigenvalue weighted by atomic mass is 16.7. The number of amides is 1. The van der Waals surface area contributed by atoms with E-state index in [9.17, 15) is 9.59 Å². The number of unbranched alkanes of at least 4 members (excludes halogenated alkanes) is 1. The summed E-state index contributed by atoms with van der Waals surface area (Å²) in [5, 5.41) is 8.67. The van der Waals surface area contributed by atoms with E-state index in [4.69, 9.17) is 19.4 Å². The molecule has 2 bridgehead atoms. The molecule has 2 aliphatic rings. The van der Waals surface area contributed by atoms with Crippen LogP contribution in [-0.4, -0.2) is 36.0 Å². The summed E-state index contributed by atoms with van der Waals surface area (Å²) in [6, 6.07) is 9.57. The van der Waals surface area contributed by atoms with Gasteiger partial charge in [0.25, 0.3) is 0 Å². The maximum Gasteiger partial charge on any atom is 0.431 e. The second-order valence-corrected chi connectivity index (χ2v) is 7.59. The normalized spacial score (nSPS) is 25.4. The highest BCUT2D eigenvalue weighted by molar-refractivity contribution is 5.66. The van der Waals surface area contributed by atoms with Gasteiger partial charge in [-0.2, -0.15) is 5.48 Å². The van der Waals surface area contributed by atoms with Crippen LogP contribution in [0.15, 0.2) is 42.5 Å². The van der Waals surface area contributed by atoms with Crippen molar-refractivity contribution in [1.29, 1.82) is 0 Å². The molecule has 2 aliphatic heterocycles. The van der Waals surface area contributed by atoms with Crippen molar-refractivity contribution in [2.75, 3.05) is 6.61 Å². The Morgan fingerprint density at radius 3 is 2.66 bits per heavy atom. The highest BCUT2D eigenvalue weighted by Crippen LogP contribution is 2.45.